The van der Waals surface area contributed by atoms with Crippen molar-refractivity contribution >= 4 is 28.1 Å². The third kappa shape index (κ3) is 5.06. The molecule has 4 nitrogen and oxygen atoms in total. The Morgan fingerprint density at radius 1 is 1.29 bits per heavy atom. The van der Waals surface area contributed by atoms with Crippen molar-refractivity contribution in [3.63, 3.8) is 0 Å². The Kier molecular flexibility index (Phi) is 7.25. The first kappa shape index (κ1) is 18.5. The van der Waals surface area contributed by atoms with E-state index in [-0.39, 0.29) is 11.8 Å². The van der Waals surface area contributed by atoms with Crippen LogP contribution in [0.5, 0.6) is 0 Å². The Morgan fingerprint density at radius 2 is 2.12 bits per heavy atom. The number of carbonyl (C=O) groups is 1. The molecular formula is C19H27N3OS. The van der Waals surface area contributed by atoms with Gasteiger partial charge in [0.05, 0.1) is 5.69 Å². The van der Waals surface area contributed by atoms with Crippen molar-refractivity contribution in [2.24, 2.45) is 5.92 Å². The number of rotatable bonds is 9. The molecular weight excluding hydrogens is 318 g/mol. The molecule has 2 aromatic rings. The third-order valence-corrected chi connectivity index (χ3v) is 4.83. The maximum atomic E-state index is 12.5. The highest BCUT2D eigenvalue weighted by Gasteiger charge is 2.16. The van der Waals surface area contributed by atoms with Crippen molar-refractivity contribution in [3.05, 3.63) is 29.6 Å². The van der Waals surface area contributed by atoms with Crippen LogP contribution in [0.15, 0.2) is 29.6 Å². The van der Waals surface area contributed by atoms with Crippen LogP contribution in [-0.2, 0) is 4.79 Å². The first-order chi connectivity index (χ1) is 11.7. The molecule has 0 saturated carbocycles. The van der Waals surface area contributed by atoms with Gasteiger partial charge in [-0.15, -0.1) is 11.3 Å². The average molecular weight is 346 g/mol. The maximum absolute atomic E-state index is 12.5. The van der Waals surface area contributed by atoms with Gasteiger partial charge in [-0.1, -0.05) is 38.8 Å². The Morgan fingerprint density at radius 3 is 2.83 bits per heavy atom. The Labute approximate surface area is 148 Å². The van der Waals surface area contributed by atoms with E-state index in [1.165, 1.54) is 0 Å². The van der Waals surface area contributed by atoms with Crippen molar-refractivity contribution in [3.8, 4) is 11.3 Å². The summed E-state index contributed by atoms with van der Waals surface area (Å²) in [6.07, 6.45) is 4.05. The minimum atomic E-state index is 0.0910. The Hall–Kier alpha value is -1.88. The zero-order valence-corrected chi connectivity index (χ0v) is 15.6. The lowest BCUT2D eigenvalue weighted by atomic mass is 9.98. The van der Waals surface area contributed by atoms with E-state index in [1.807, 2.05) is 29.6 Å². The molecule has 2 N–H and O–H groups in total. The van der Waals surface area contributed by atoms with Crippen LogP contribution in [0.2, 0.25) is 0 Å². The first-order valence-corrected chi connectivity index (χ1v) is 9.66. The summed E-state index contributed by atoms with van der Waals surface area (Å²) in [5.41, 5.74) is 2.80. The smallest absolute Gasteiger partial charge is 0.227 e. The van der Waals surface area contributed by atoms with Gasteiger partial charge in [-0.2, -0.15) is 0 Å². The second-order valence-electron chi connectivity index (χ2n) is 5.89. The molecule has 1 unspecified atom stereocenters. The minimum Gasteiger partial charge on any atom is -0.362 e. The third-order valence-electron chi connectivity index (χ3n) is 4.03. The van der Waals surface area contributed by atoms with Crippen LogP contribution in [0, 0.1) is 5.92 Å². The topological polar surface area (TPSA) is 54.0 Å². The summed E-state index contributed by atoms with van der Waals surface area (Å²) in [6.45, 7) is 7.15. The lowest BCUT2D eigenvalue weighted by Gasteiger charge is -2.15. The van der Waals surface area contributed by atoms with E-state index in [0.717, 1.165) is 54.3 Å². The van der Waals surface area contributed by atoms with E-state index >= 15 is 0 Å². The molecule has 0 saturated heterocycles. The summed E-state index contributed by atoms with van der Waals surface area (Å²) in [4.78, 5) is 17.0. The fourth-order valence-corrected chi connectivity index (χ4v) is 3.40. The molecule has 1 aromatic heterocycles. The van der Waals surface area contributed by atoms with Gasteiger partial charge < -0.3 is 10.6 Å². The van der Waals surface area contributed by atoms with Crippen LogP contribution in [0.25, 0.3) is 11.3 Å². The molecule has 5 heteroatoms. The van der Waals surface area contributed by atoms with Gasteiger partial charge in [0.25, 0.3) is 0 Å². The van der Waals surface area contributed by atoms with E-state index < -0.39 is 0 Å². The number of nitrogens with zero attached hydrogens (tertiary/aromatic N) is 1. The molecule has 0 aliphatic rings. The average Bonchev–Trinajstić information content (AvgIpc) is 3.05. The van der Waals surface area contributed by atoms with Crippen molar-refractivity contribution < 1.29 is 4.79 Å². The molecule has 0 spiro atoms. The van der Waals surface area contributed by atoms with Gasteiger partial charge >= 0.3 is 0 Å². The number of unbranched alkanes of at least 4 members (excludes halogenated alkanes) is 1. The summed E-state index contributed by atoms with van der Waals surface area (Å²) in [5, 5.41) is 9.25. The van der Waals surface area contributed by atoms with Crippen molar-refractivity contribution in [2.45, 2.75) is 46.5 Å². The van der Waals surface area contributed by atoms with Crippen LogP contribution in [-0.4, -0.2) is 17.4 Å². The zero-order chi connectivity index (χ0) is 17.4. The second kappa shape index (κ2) is 9.42. The van der Waals surface area contributed by atoms with Crippen LogP contribution in [0.4, 0.5) is 10.8 Å². The number of hydrogen-bond acceptors (Lipinski definition) is 4. The lowest BCUT2D eigenvalue weighted by Crippen LogP contribution is -2.22. The van der Waals surface area contributed by atoms with E-state index in [4.69, 9.17) is 0 Å². The van der Waals surface area contributed by atoms with Crippen LogP contribution in [0.1, 0.15) is 46.5 Å². The second-order valence-corrected chi connectivity index (χ2v) is 6.74. The molecule has 0 fully saturated rings. The predicted octanol–water partition coefficient (Wildman–Crippen LogP) is 5.40. The zero-order valence-electron chi connectivity index (χ0n) is 14.8. The fourth-order valence-electron chi connectivity index (χ4n) is 2.61. The summed E-state index contributed by atoms with van der Waals surface area (Å²) >= 11 is 1.60. The van der Waals surface area contributed by atoms with Crippen molar-refractivity contribution in [1.82, 2.24) is 4.98 Å². The predicted molar refractivity (Wildman–Crippen MR) is 104 cm³/mol. The number of hydrogen-bond donors (Lipinski definition) is 2. The monoisotopic (exact) mass is 345 g/mol. The molecule has 1 aromatic carbocycles. The number of thiazole rings is 1. The normalized spacial score (nSPS) is 12.0. The SMILES string of the molecule is CCCCC(CC)C(=O)Nc1cccc(-c2csc(NCC)n2)c1. The molecule has 0 bridgehead atoms. The number of carbonyl (C=O) groups excluding carboxylic acids is 1. The van der Waals surface area contributed by atoms with E-state index in [0.29, 0.717) is 0 Å². The summed E-state index contributed by atoms with van der Waals surface area (Å²) in [7, 11) is 0. The van der Waals surface area contributed by atoms with Gasteiger partial charge in [-0.3, -0.25) is 4.79 Å². The lowest BCUT2D eigenvalue weighted by molar-refractivity contribution is -0.120. The van der Waals surface area contributed by atoms with Gasteiger partial charge in [0.15, 0.2) is 5.13 Å². The Balaban J connectivity index is 2.07. The number of benzene rings is 1. The van der Waals surface area contributed by atoms with Crippen molar-refractivity contribution in [2.75, 3.05) is 17.2 Å². The van der Waals surface area contributed by atoms with Crippen LogP contribution in [0.3, 0.4) is 0 Å². The summed E-state index contributed by atoms with van der Waals surface area (Å²) in [5.74, 6) is 0.211. The van der Waals surface area contributed by atoms with Crippen LogP contribution >= 0.6 is 11.3 Å². The Bertz CT molecular complexity index is 654. The summed E-state index contributed by atoms with van der Waals surface area (Å²) in [6, 6.07) is 7.92. The van der Waals surface area contributed by atoms with Gasteiger partial charge in [-0.25, -0.2) is 4.98 Å². The highest BCUT2D eigenvalue weighted by atomic mass is 32.1. The molecule has 0 aliphatic heterocycles. The molecule has 1 atom stereocenters. The largest absolute Gasteiger partial charge is 0.362 e. The number of nitrogens with one attached hydrogen (secondary N) is 2. The maximum Gasteiger partial charge on any atom is 0.227 e. The molecule has 130 valence electrons. The van der Waals surface area contributed by atoms with E-state index in [2.05, 4.69) is 36.4 Å². The van der Waals surface area contributed by atoms with Crippen molar-refractivity contribution in [1.29, 1.82) is 0 Å². The molecule has 2 rings (SSSR count). The fraction of sp³-hybridized carbons (Fsp3) is 0.474. The van der Waals surface area contributed by atoms with E-state index in [9.17, 15) is 4.79 Å². The number of aromatic nitrogens is 1. The van der Waals surface area contributed by atoms with E-state index in [1.54, 1.807) is 11.3 Å². The minimum absolute atomic E-state index is 0.0910. The molecule has 0 radical (unpaired) electrons. The van der Waals surface area contributed by atoms with Crippen LogP contribution < -0.4 is 10.6 Å². The quantitative estimate of drug-likeness (QED) is 0.640. The van der Waals surface area contributed by atoms with Gasteiger partial charge in [0, 0.05) is 29.1 Å². The molecule has 1 heterocycles. The first-order valence-electron chi connectivity index (χ1n) is 8.78. The molecule has 0 aliphatic carbocycles. The van der Waals surface area contributed by atoms with Gasteiger partial charge in [0.1, 0.15) is 0 Å². The van der Waals surface area contributed by atoms with Gasteiger partial charge in [-0.05, 0) is 31.9 Å². The molecule has 24 heavy (non-hydrogen) atoms. The number of amides is 1. The highest BCUT2D eigenvalue weighted by molar-refractivity contribution is 7.14. The summed E-state index contributed by atoms with van der Waals surface area (Å²) < 4.78 is 0. The standard InChI is InChI=1S/C19H27N3OS/c1-4-7-9-14(5-2)18(23)21-16-11-8-10-15(12-16)17-13-24-19(22-17)20-6-3/h8,10-14H,4-7,9H2,1-3H3,(H,20,22)(H,21,23). The number of anilines is 2. The van der Waals surface area contributed by atoms with Gasteiger partial charge in [0.2, 0.25) is 5.91 Å². The molecule has 1 amide bonds. The highest BCUT2D eigenvalue weighted by Crippen LogP contribution is 2.27.